The average molecular weight is 180 g/mol. The lowest BCUT2D eigenvalue weighted by Gasteiger charge is -2.06. The van der Waals surface area contributed by atoms with E-state index >= 15 is 0 Å². The number of allylic oxidation sites excluding steroid dienone is 2. The molecule has 0 aliphatic heterocycles. The molecule has 0 amide bonds. The van der Waals surface area contributed by atoms with Crippen LogP contribution in [0.15, 0.2) is 23.8 Å². The van der Waals surface area contributed by atoms with Crippen molar-refractivity contribution in [2.24, 2.45) is 0 Å². The molecule has 1 aliphatic rings. The second-order valence-electron chi connectivity index (χ2n) is 3.13. The molecule has 13 heavy (non-hydrogen) atoms. The van der Waals surface area contributed by atoms with Crippen LogP contribution in [0, 0.1) is 0 Å². The number of rotatable bonds is 4. The third kappa shape index (κ3) is 3.45. The molecule has 0 aromatic rings. The van der Waals surface area contributed by atoms with Gasteiger partial charge in [-0.15, -0.1) is 0 Å². The van der Waals surface area contributed by atoms with Crippen molar-refractivity contribution in [3.8, 4) is 0 Å². The lowest BCUT2D eigenvalue weighted by atomic mass is 10.1. The molecule has 0 unspecified atom stereocenters. The largest absolute Gasteiger partial charge is 0.462 e. The van der Waals surface area contributed by atoms with E-state index in [-0.39, 0.29) is 5.97 Å². The Balaban J connectivity index is 2.30. The van der Waals surface area contributed by atoms with Crippen molar-refractivity contribution in [3.05, 3.63) is 23.8 Å². The Hall–Kier alpha value is -1.05. The Bertz CT molecular complexity index is 226. The number of ether oxygens (including phenoxy) is 1. The predicted molar refractivity (Wildman–Crippen MR) is 52.3 cm³/mol. The van der Waals surface area contributed by atoms with E-state index < -0.39 is 0 Å². The summed E-state index contributed by atoms with van der Waals surface area (Å²) in [4.78, 5) is 11.3. The summed E-state index contributed by atoms with van der Waals surface area (Å²) in [6, 6.07) is 0. The maximum atomic E-state index is 11.3. The molecule has 0 aromatic heterocycles. The highest BCUT2D eigenvalue weighted by Gasteiger charge is 2.08. The number of unbranched alkanes of at least 4 members (excludes halogenated alkanes) is 1. The maximum Gasteiger partial charge on any atom is 0.337 e. The van der Waals surface area contributed by atoms with Crippen LogP contribution in [0.3, 0.4) is 0 Å². The van der Waals surface area contributed by atoms with Crippen LogP contribution < -0.4 is 0 Å². The molecule has 1 rings (SSSR count). The van der Waals surface area contributed by atoms with Crippen LogP contribution in [-0.4, -0.2) is 12.6 Å². The number of carbonyl (C=O) groups is 1. The number of carbonyl (C=O) groups excluding carboxylic acids is 1. The Kier molecular flexibility index (Phi) is 4.30. The monoisotopic (exact) mass is 180 g/mol. The van der Waals surface area contributed by atoms with Crippen LogP contribution in [-0.2, 0) is 9.53 Å². The standard InChI is InChI=1S/C11H16O2/c1-2-3-9-13-11(12)10-7-5-4-6-8-10/h5,7-8H,2-4,6,9H2,1H3. The van der Waals surface area contributed by atoms with Crippen LogP contribution >= 0.6 is 0 Å². The van der Waals surface area contributed by atoms with Gasteiger partial charge in [0.25, 0.3) is 0 Å². The van der Waals surface area contributed by atoms with Crippen LogP contribution in [0.5, 0.6) is 0 Å². The SMILES string of the molecule is CCCCOC(=O)C1=CCCC=C1. The molecule has 0 aromatic carbocycles. The van der Waals surface area contributed by atoms with Crippen LogP contribution in [0.25, 0.3) is 0 Å². The summed E-state index contributed by atoms with van der Waals surface area (Å²) in [7, 11) is 0. The van der Waals surface area contributed by atoms with Crippen molar-refractivity contribution >= 4 is 5.97 Å². The van der Waals surface area contributed by atoms with Gasteiger partial charge < -0.3 is 4.74 Å². The fourth-order valence-electron chi connectivity index (χ4n) is 1.16. The summed E-state index contributed by atoms with van der Waals surface area (Å²) in [5.74, 6) is -0.176. The normalized spacial score (nSPS) is 15.3. The topological polar surface area (TPSA) is 26.3 Å². The third-order valence-corrected chi connectivity index (χ3v) is 1.96. The van der Waals surface area contributed by atoms with Crippen molar-refractivity contribution in [3.63, 3.8) is 0 Å². The van der Waals surface area contributed by atoms with E-state index in [9.17, 15) is 4.79 Å². The molecule has 0 spiro atoms. The Morgan fingerprint density at radius 2 is 2.38 bits per heavy atom. The molecular weight excluding hydrogens is 164 g/mol. The van der Waals surface area contributed by atoms with Gasteiger partial charge in [-0.3, -0.25) is 0 Å². The highest BCUT2D eigenvalue weighted by Crippen LogP contribution is 2.11. The van der Waals surface area contributed by atoms with E-state index in [1.807, 2.05) is 18.2 Å². The minimum absolute atomic E-state index is 0.176. The molecule has 72 valence electrons. The van der Waals surface area contributed by atoms with E-state index in [1.165, 1.54) is 0 Å². The van der Waals surface area contributed by atoms with Crippen molar-refractivity contribution in [2.75, 3.05) is 6.61 Å². The lowest BCUT2D eigenvalue weighted by molar-refractivity contribution is -0.138. The molecule has 0 heterocycles. The zero-order valence-corrected chi connectivity index (χ0v) is 8.08. The molecule has 0 N–H and O–H groups in total. The third-order valence-electron chi connectivity index (χ3n) is 1.96. The van der Waals surface area contributed by atoms with E-state index in [0.717, 1.165) is 25.7 Å². The predicted octanol–water partition coefficient (Wildman–Crippen LogP) is 2.61. The van der Waals surface area contributed by atoms with Gasteiger partial charge in [-0.05, 0) is 19.3 Å². The number of hydrogen-bond donors (Lipinski definition) is 0. The first-order valence-electron chi connectivity index (χ1n) is 4.88. The highest BCUT2D eigenvalue weighted by molar-refractivity contribution is 5.91. The van der Waals surface area contributed by atoms with Crippen LogP contribution in [0.4, 0.5) is 0 Å². The zero-order chi connectivity index (χ0) is 9.52. The second kappa shape index (κ2) is 5.57. The number of esters is 1. The maximum absolute atomic E-state index is 11.3. The molecule has 2 heteroatoms. The van der Waals surface area contributed by atoms with Crippen molar-refractivity contribution < 1.29 is 9.53 Å². The summed E-state index contributed by atoms with van der Waals surface area (Å²) in [6.07, 6.45) is 9.79. The second-order valence-corrected chi connectivity index (χ2v) is 3.13. The van der Waals surface area contributed by atoms with Gasteiger partial charge in [-0.1, -0.05) is 31.6 Å². The van der Waals surface area contributed by atoms with Gasteiger partial charge in [0.05, 0.1) is 12.2 Å². The first-order chi connectivity index (χ1) is 6.34. The molecule has 0 saturated carbocycles. The molecule has 0 radical (unpaired) electrons. The van der Waals surface area contributed by atoms with Gasteiger partial charge in [0.15, 0.2) is 0 Å². The Morgan fingerprint density at radius 3 is 3.00 bits per heavy atom. The summed E-state index contributed by atoms with van der Waals surface area (Å²) in [5, 5.41) is 0. The van der Waals surface area contributed by atoms with Gasteiger partial charge >= 0.3 is 5.97 Å². The Morgan fingerprint density at radius 1 is 1.54 bits per heavy atom. The molecule has 1 aliphatic carbocycles. The van der Waals surface area contributed by atoms with Gasteiger partial charge in [0, 0.05) is 0 Å². The van der Waals surface area contributed by atoms with Crippen LogP contribution in [0.1, 0.15) is 32.6 Å². The van der Waals surface area contributed by atoms with Crippen LogP contribution in [0.2, 0.25) is 0 Å². The summed E-state index contributed by atoms with van der Waals surface area (Å²) in [5.41, 5.74) is 0.711. The summed E-state index contributed by atoms with van der Waals surface area (Å²) < 4.78 is 5.06. The van der Waals surface area contributed by atoms with Gasteiger partial charge in [-0.25, -0.2) is 4.79 Å². The van der Waals surface area contributed by atoms with Crippen molar-refractivity contribution in [1.82, 2.24) is 0 Å². The fraction of sp³-hybridized carbons (Fsp3) is 0.545. The molecule has 0 saturated heterocycles. The Labute approximate surface area is 79.3 Å². The summed E-state index contributed by atoms with van der Waals surface area (Å²) >= 11 is 0. The zero-order valence-electron chi connectivity index (χ0n) is 8.08. The number of hydrogen-bond acceptors (Lipinski definition) is 2. The summed E-state index contributed by atoms with van der Waals surface area (Å²) in [6.45, 7) is 2.62. The van der Waals surface area contributed by atoms with E-state index in [1.54, 1.807) is 0 Å². The quantitative estimate of drug-likeness (QED) is 0.491. The van der Waals surface area contributed by atoms with Gasteiger partial charge in [0.2, 0.25) is 0 Å². The van der Waals surface area contributed by atoms with Gasteiger partial charge in [0.1, 0.15) is 0 Å². The molecular formula is C11H16O2. The first kappa shape index (κ1) is 10.0. The first-order valence-corrected chi connectivity index (χ1v) is 4.88. The average Bonchev–Trinajstić information content (AvgIpc) is 2.19. The van der Waals surface area contributed by atoms with Crippen molar-refractivity contribution in [1.29, 1.82) is 0 Å². The van der Waals surface area contributed by atoms with E-state index in [4.69, 9.17) is 4.74 Å². The molecule has 2 nitrogen and oxygen atoms in total. The van der Waals surface area contributed by atoms with Gasteiger partial charge in [-0.2, -0.15) is 0 Å². The fourth-order valence-corrected chi connectivity index (χ4v) is 1.16. The molecule has 0 fully saturated rings. The van der Waals surface area contributed by atoms with E-state index in [2.05, 4.69) is 6.92 Å². The lowest BCUT2D eigenvalue weighted by Crippen LogP contribution is -2.08. The molecule has 0 atom stereocenters. The smallest absolute Gasteiger partial charge is 0.337 e. The highest BCUT2D eigenvalue weighted by atomic mass is 16.5. The minimum atomic E-state index is -0.176. The molecule has 0 bridgehead atoms. The minimum Gasteiger partial charge on any atom is -0.462 e. The van der Waals surface area contributed by atoms with E-state index in [0.29, 0.717) is 12.2 Å². The van der Waals surface area contributed by atoms with Crippen molar-refractivity contribution in [2.45, 2.75) is 32.6 Å².